The Kier molecular flexibility index (Phi) is 3.15. The maximum atomic E-state index is 8.71. The van der Waals surface area contributed by atoms with Crippen molar-refractivity contribution in [2.24, 2.45) is 21.7 Å². The molecule has 0 amide bonds. The molecule has 0 spiro atoms. The number of hydrogen-bond donors (Lipinski definition) is 1. The van der Waals surface area contributed by atoms with Crippen LogP contribution in [0.3, 0.4) is 0 Å². The molecule has 0 aliphatic heterocycles. The fourth-order valence-electron chi connectivity index (χ4n) is 3.90. The maximum absolute atomic E-state index is 8.71. The van der Waals surface area contributed by atoms with E-state index in [0.29, 0.717) is 11.5 Å². The third-order valence-corrected chi connectivity index (χ3v) is 5.39. The average molecular weight is 251 g/mol. The number of nitrogens with zero attached hydrogens (tertiary/aromatic N) is 2. The van der Waals surface area contributed by atoms with Crippen molar-refractivity contribution in [2.45, 2.75) is 46.1 Å². The highest BCUT2D eigenvalue weighted by Gasteiger charge is 2.59. The van der Waals surface area contributed by atoms with Gasteiger partial charge in [0.05, 0.1) is 6.04 Å². The van der Waals surface area contributed by atoms with Crippen molar-refractivity contribution in [1.82, 2.24) is 5.32 Å². The molecule has 4 heteroatoms. The number of hydrogen-bond acceptors (Lipinski definition) is 3. The fraction of sp³-hybridized carbons (Fsp3) is 0.846. The molecule has 2 bridgehead atoms. The van der Waals surface area contributed by atoms with Gasteiger partial charge >= 0.3 is 0 Å². The lowest BCUT2D eigenvalue weighted by Crippen LogP contribution is -2.40. The van der Waals surface area contributed by atoms with Crippen molar-refractivity contribution < 1.29 is 0 Å². The molecular formula is C13H21N3S. The normalized spacial score (nSPS) is 39.1. The maximum Gasteiger partial charge on any atom is 0.183 e. The molecule has 3 unspecified atom stereocenters. The minimum atomic E-state index is 0.269. The Balaban J connectivity index is 2.29. The lowest BCUT2D eigenvalue weighted by atomic mass is 9.69. The van der Waals surface area contributed by atoms with Crippen molar-refractivity contribution in [1.29, 1.82) is 5.26 Å². The van der Waals surface area contributed by atoms with Gasteiger partial charge in [-0.15, -0.1) is 0 Å². The third-order valence-electron chi connectivity index (χ3n) is 4.80. The van der Waals surface area contributed by atoms with E-state index >= 15 is 0 Å². The monoisotopic (exact) mass is 251 g/mol. The van der Waals surface area contributed by atoms with Crippen LogP contribution in [0.1, 0.15) is 40.0 Å². The molecule has 2 rings (SSSR count). The van der Waals surface area contributed by atoms with Gasteiger partial charge in [0.15, 0.2) is 11.4 Å². The van der Waals surface area contributed by atoms with Crippen LogP contribution >= 0.6 is 11.8 Å². The number of fused-ring (bicyclic) bond motifs is 2. The summed E-state index contributed by atoms with van der Waals surface area (Å²) < 4.78 is 0. The van der Waals surface area contributed by atoms with Crippen LogP contribution in [0, 0.1) is 28.2 Å². The van der Waals surface area contributed by atoms with E-state index in [9.17, 15) is 0 Å². The Morgan fingerprint density at radius 1 is 1.47 bits per heavy atom. The summed E-state index contributed by atoms with van der Waals surface area (Å²) in [4.78, 5) is 4.84. The van der Waals surface area contributed by atoms with Gasteiger partial charge in [-0.3, -0.25) is 10.3 Å². The highest BCUT2D eigenvalue weighted by molar-refractivity contribution is 8.13. The van der Waals surface area contributed by atoms with E-state index in [0.717, 1.165) is 11.1 Å². The summed E-state index contributed by atoms with van der Waals surface area (Å²) in [6, 6.07) is 0.344. The van der Waals surface area contributed by atoms with Gasteiger partial charge in [0.2, 0.25) is 0 Å². The van der Waals surface area contributed by atoms with E-state index in [-0.39, 0.29) is 5.41 Å². The average Bonchev–Trinajstić information content (AvgIpc) is 2.74. The fourth-order valence-corrected chi connectivity index (χ4v) is 4.26. The van der Waals surface area contributed by atoms with Crippen LogP contribution in [-0.2, 0) is 0 Å². The first-order valence-electron chi connectivity index (χ1n) is 6.21. The van der Waals surface area contributed by atoms with Gasteiger partial charge in [-0.2, -0.15) is 5.26 Å². The summed E-state index contributed by atoms with van der Waals surface area (Å²) in [6.45, 7) is 7.03. The van der Waals surface area contributed by atoms with Crippen molar-refractivity contribution in [2.75, 3.05) is 6.26 Å². The summed E-state index contributed by atoms with van der Waals surface area (Å²) in [7, 11) is 0. The Hall–Kier alpha value is -0.690. The van der Waals surface area contributed by atoms with E-state index in [1.54, 1.807) is 0 Å². The molecule has 0 aromatic heterocycles. The molecule has 17 heavy (non-hydrogen) atoms. The van der Waals surface area contributed by atoms with Crippen LogP contribution in [-0.4, -0.2) is 17.5 Å². The zero-order valence-electron chi connectivity index (χ0n) is 11.1. The van der Waals surface area contributed by atoms with Crippen LogP contribution in [0.5, 0.6) is 0 Å². The van der Waals surface area contributed by atoms with Crippen LogP contribution < -0.4 is 5.32 Å². The Morgan fingerprint density at radius 2 is 2.18 bits per heavy atom. The van der Waals surface area contributed by atoms with E-state index in [1.165, 1.54) is 31.0 Å². The molecule has 0 radical (unpaired) electrons. The van der Waals surface area contributed by atoms with Crippen LogP contribution in [0.15, 0.2) is 4.99 Å². The third kappa shape index (κ3) is 1.95. The molecule has 3 nitrogen and oxygen atoms in total. The van der Waals surface area contributed by atoms with Gasteiger partial charge in [0.1, 0.15) is 0 Å². The summed E-state index contributed by atoms with van der Waals surface area (Å²) in [5, 5.41) is 12.2. The van der Waals surface area contributed by atoms with Gasteiger partial charge in [-0.05, 0) is 42.3 Å². The second-order valence-electron chi connectivity index (χ2n) is 6.19. The molecule has 3 atom stereocenters. The predicted molar refractivity (Wildman–Crippen MR) is 72.7 cm³/mol. The summed E-state index contributed by atoms with van der Waals surface area (Å²) in [5.41, 5.74) is 0.609. The molecule has 94 valence electrons. The molecule has 2 saturated carbocycles. The molecule has 2 fully saturated rings. The second-order valence-corrected chi connectivity index (χ2v) is 6.99. The summed E-state index contributed by atoms with van der Waals surface area (Å²) in [6.07, 6.45) is 7.86. The molecule has 0 aromatic carbocycles. The quantitative estimate of drug-likeness (QED) is 0.337. The topological polar surface area (TPSA) is 48.2 Å². The molecule has 2 aliphatic rings. The number of rotatable bonds is 1. The largest absolute Gasteiger partial charge is 0.272 e. The van der Waals surface area contributed by atoms with E-state index < -0.39 is 0 Å². The minimum Gasteiger partial charge on any atom is -0.272 e. The highest BCUT2D eigenvalue weighted by Crippen LogP contribution is 2.63. The smallest absolute Gasteiger partial charge is 0.183 e. The highest BCUT2D eigenvalue weighted by atomic mass is 32.2. The van der Waals surface area contributed by atoms with Crippen molar-refractivity contribution >= 4 is 16.9 Å². The number of amidine groups is 1. The molecular weight excluding hydrogens is 230 g/mol. The van der Waals surface area contributed by atoms with Gasteiger partial charge in [0, 0.05) is 0 Å². The number of nitrogens with one attached hydrogen (secondary N) is 1. The standard InChI is InChI=1S/C13H21N3S/c1-12(2)9-5-6-13(3,7-9)10(12)16-11(17-4)15-8-14/h9-10H,5-7H2,1-4H3,(H,15,16). The number of aliphatic imine (C=N–C) groups is 1. The molecule has 0 aromatic rings. The first-order valence-corrected chi connectivity index (χ1v) is 7.43. The molecule has 2 aliphatic carbocycles. The predicted octanol–water partition coefficient (Wildman–Crippen LogP) is 2.99. The first kappa shape index (κ1) is 12.8. The Bertz CT molecular complexity index is 378. The Labute approximate surface area is 108 Å². The van der Waals surface area contributed by atoms with E-state index in [2.05, 4.69) is 26.1 Å². The van der Waals surface area contributed by atoms with Crippen molar-refractivity contribution in [3.05, 3.63) is 0 Å². The van der Waals surface area contributed by atoms with Crippen LogP contribution in [0.4, 0.5) is 0 Å². The summed E-state index contributed by atoms with van der Waals surface area (Å²) in [5.74, 6) is 0.798. The lowest BCUT2D eigenvalue weighted by molar-refractivity contribution is 0.142. The van der Waals surface area contributed by atoms with Gasteiger partial charge in [-0.25, -0.2) is 0 Å². The molecule has 0 saturated heterocycles. The zero-order valence-corrected chi connectivity index (χ0v) is 11.9. The Morgan fingerprint density at radius 3 is 2.65 bits per heavy atom. The lowest BCUT2D eigenvalue weighted by Gasteiger charge is -2.40. The van der Waals surface area contributed by atoms with Crippen molar-refractivity contribution in [3.63, 3.8) is 0 Å². The van der Waals surface area contributed by atoms with Gasteiger partial charge in [-0.1, -0.05) is 32.5 Å². The number of nitriles is 1. The zero-order chi connectivity index (χ0) is 12.7. The van der Waals surface area contributed by atoms with Crippen LogP contribution in [0.2, 0.25) is 0 Å². The van der Waals surface area contributed by atoms with Gasteiger partial charge in [0.25, 0.3) is 0 Å². The van der Waals surface area contributed by atoms with Crippen molar-refractivity contribution in [3.8, 4) is 6.19 Å². The molecule has 1 N–H and O–H groups in total. The molecule has 0 heterocycles. The SMILES string of the molecule is CSC(=NC1C2(C)CCC(C2)C1(C)C)NC#N. The number of thioether (sulfide) groups is 1. The summed E-state index contributed by atoms with van der Waals surface area (Å²) >= 11 is 1.52. The minimum absolute atomic E-state index is 0.269. The van der Waals surface area contributed by atoms with Gasteiger partial charge < -0.3 is 0 Å². The van der Waals surface area contributed by atoms with E-state index in [1.807, 2.05) is 12.4 Å². The second kappa shape index (κ2) is 4.20. The first-order chi connectivity index (χ1) is 7.94. The van der Waals surface area contributed by atoms with Crippen LogP contribution in [0.25, 0.3) is 0 Å². The van der Waals surface area contributed by atoms with E-state index in [4.69, 9.17) is 10.3 Å².